The maximum atomic E-state index is 15.0. The second kappa shape index (κ2) is 12.9. The van der Waals surface area contributed by atoms with Gasteiger partial charge in [0, 0.05) is 37.8 Å². The van der Waals surface area contributed by atoms with Crippen LogP contribution in [0.15, 0.2) is 65.6 Å². The summed E-state index contributed by atoms with van der Waals surface area (Å²) in [7, 11) is 0.115. The Morgan fingerprint density at radius 2 is 1.93 bits per heavy atom. The third kappa shape index (κ3) is 6.20. The normalized spacial score (nSPS) is 18.6. The van der Waals surface area contributed by atoms with Crippen LogP contribution in [0.1, 0.15) is 37.0 Å². The van der Waals surface area contributed by atoms with Crippen LogP contribution in [0.25, 0.3) is 11.3 Å². The lowest BCUT2D eigenvalue weighted by Crippen LogP contribution is -2.56. The van der Waals surface area contributed by atoms with Crippen LogP contribution in [0.2, 0.25) is 5.02 Å². The van der Waals surface area contributed by atoms with Gasteiger partial charge in [-0.3, -0.25) is 13.9 Å². The molecule has 2 N–H and O–H groups in total. The van der Waals surface area contributed by atoms with Crippen LogP contribution in [0.4, 0.5) is 15.9 Å². The molecular weight excluding hydrogens is 603 g/mol. The smallest absolute Gasteiger partial charge is 0.246 e. The van der Waals surface area contributed by atoms with E-state index in [1.807, 2.05) is 38.1 Å². The van der Waals surface area contributed by atoms with E-state index in [0.29, 0.717) is 43.1 Å². The predicted octanol–water partition coefficient (Wildman–Crippen LogP) is 6.75. The Labute approximate surface area is 264 Å². The van der Waals surface area contributed by atoms with E-state index in [0.717, 1.165) is 24.1 Å². The van der Waals surface area contributed by atoms with E-state index < -0.39 is 16.8 Å². The summed E-state index contributed by atoms with van der Waals surface area (Å²) in [5.74, 6) is -0.142. The van der Waals surface area contributed by atoms with Gasteiger partial charge in [0.1, 0.15) is 5.82 Å². The molecule has 0 saturated carbocycles. The molecule has 1 atom stereocenters. The van der Waals surface area contributed by atoms with Gasteiger partial charge in [0.15, 0.2) is 11.7 Å². The largest absolute Gasteiger partial charge is 0.348 e. The topological polar surface area (TPSA) is 95.7 Å². The van der Waals surface area contributed by atoms with Gasteiger partial charge < -0.3 is 14.7 Å². The third-order valence-electron chi connectivity index (χ3n) is 7.74. The first kappa shape index (κ1) is 31.9. The molecule has 12 heteroatoms. The first-order valence-corrected chi connectivity index (χ1v) is 16.4. The fourth-order valence-electron chi connectivity index (χ4n) is 5.79. The molecule has 1 amide bonds. The maximum Gasteiger partial charge on any atom is 0.246 e. The van der Waals surface area contributed by atoms with Gasteiger partial charge in [0.05, 0.1) is 22.0 Å². The van der Waals surface area contributed by atoms with Crippen LogP contribution in [0.3, 0.4) is 0 Å². The number of carbonyl (C=O) groups is 1. The summed E-state index contributed by atoms with van der Waals surface area (Å²) < 4.78 is 44.6. The summed E-state index contributed by atoms with van der Waals surface area (Å²) in [6.07, 6.45) is 2.79. The van der Waals surface area contributed by atoms with Crippen LogP contribution in [-0.2, 0) is 17.8 Å². The SMILES string of the molecule is C=CC(=O)N1CCN(C2=NS(O)(O)N(c3ccc(CN(C)C)cc3CCC)c3nc(-c4ccccc4F)c(Cl)cc32)[C@@H](C)C1. The van der Waals surface area contributed by atoms with Gasteiger partial charge in [-0.2, -0.15) is 0 Å². The Morgan fingerprint density at radius 3 is 2.59 bits per heavy atom. The number of anilines is 2. The molecular formula is C32H38ClFN6O3S. The molecule has 1 fully saturated rings. The lowest BCUT2D eigenvalue weighted by Gasteiger charge is -2.48. The number of carbonyl (C=O) groups excluding carboxylic acids is 1. The number of pyridine rings is 1. The fourth-order valence-corrected chi connectivity index (χ4v) is 7.37. The summed E-state index contributed by atoms with van der Waals surface area (Å²) in [6, 6.07) is 13.5. The van der Waals surface area contributed by atoms with Crippen molar-refractivity contribution in [1.82, 2.24) is 19.7 Å². The average Bonchev–Trinajstić information content (AvgIpc) is 2.97. The van der Waals surface area contributed by atoms with Gasteiger partial charge in [0.2, 0.25) is 5.91 Å². The molecule has 44 heavy (non-hydrogen) atoms. The van der Waals surface area contributed by atoms with Gasteiger partial charge in [-0.1, -0.05) is 55.8 Å². The summed E-state index contributed by atoms with van der Waals surface area (Å²) >= 11 is 6.80. The van der Waals surface area contributed by atoms with Crippen molar-refractivity contribution in [3.05, 3.63) is 88.7 Å². The molecule has 2 aliphatic rings. The highest BCUT2D eigenvalue weighted by molar-refractivity contribution is 8.24. The van der Waals surface area contributed by atoms with Gasteiger partial charge >= 0.3 is 0 Å². The molecule has 1 aromatic heterocycles. The lowest BCUT2D eigenvalue weighted by molar-refractivity contribution is -0.128. The molecule has 0 bridgehead atoms. The van der Waals surface area contributed by atoms with Crippen LogP contribution in [0, 0.1) is 5.82 Å². The van der Waals surface area contributed by atoms with Gasteiger partial charge in [-0.25, -0.2) is 13.7 Å². The summed E-state index contributed by atoms with van der Waals surface area (Å²) in [6.45, 7) is 9.50. The number of nitrogens with zero attached hydrogens (tertiary/aromatic N) is 6. The number of hydrogen-bond donors (Lipinski definition) is 2. The van der Waals surface area contributed by atoms with E-state index in [4.69, 9.17) is 16.6 Å². The number of amides is 1. The molecule has 0 spiro atoms. The molecule has 9 nitrogen and oxygen atoms in total. The Hall–Kier alpha value is -3.48. The van der Waals surface area contributed by atoms with Crippen molar-refractivity contribution in [2.75, 3.05) is 38.0 Å². The van der Waals surface area contributed by atoms with Gasteiger partial charge in [-0.05, 0) is 79.9 Å². The summed E-state index contributed by atoms with van der Waals surface area (Å²) in [5.41, 5.74) is 3.41. The molecule has 3 heterocycles. The highest BCUT2D eigenvalue weighted by Crippen LogP contribution is 2.58. The number of amidine groups is 1. The molecule has 3 aromatic rings. The van der Waals surface area contributed by atoms with Gasteiger partial charge in [0.25, 0.3) is 0 Å². The fraction of sp³-hybridized carbons (Fsp3) is 0.344. The average molecular weight is 641 g/mol. The second-order valence-corrected chi connectivity index (χ2v) is 13.3. The molecule has 0 aliphatic carbocycles. The molecule has 2 aromatic carbocycles. The number of halogens is 2. The maximum absolute atomic E-state index is 15.0. The van der Waals surface area contributed by atoms with E-state index in [1.54, 1.807) is 29.2 Å². The first-order chi connectivity index (χ1) is 20.9. The van der Waals surface area contributed by atoms with Crippen molar-refractivity contribution in [1.29, 1.82) is 0 Å². The standard InChI is InChI=1S/C32H38ClFN6O3S/c1-6-10-23-17-22(20-37(4)5)13-14-28(23)40-31-25(18-26(33)30(35-31)24-11-8-9-12-27(24)34)32(36-44(40,42)43)39-16-15-38(19-21(39)3)29(41)7-2/h7-9,11-14,17-18,21,42-43H,2,6,10,15-16,19-20H2,1,3-5H3/t21-/m0/s1. The minimum Gasteiger partial charge on any atom is -0.348 e. The van der Waals surface area contributed by atoms with Crippen molar-refractivity contribution < 1.29 is 18.3 Å². The van der Waals surface area contributed by atoms with E-state index in [2.05, 4.69) is 28.9 Å². The number of fused-ring (bicyclic) bond motifs is 1. The van der Waals surface area contributed by atoms with Crippen molar-refractivity contribution in [3.8, 4) is 11.3 Å². The minimum atomic E-state index is -3.87. The zero-order valence-electron chi connectivity index (χ0n) is 25.4. The van der Waals surface area contributed by atoms with E-state index in [9.17, 15) is 13.9 Å². The number of aryl methyl sites for hydroxylation is 1. The van der Waals surface area contributed by atoms with Crippen molar-refractivity contribution in [3.63, 3.8) is 0 Å². The van der Waals surface area contributed by atoms with Crippen molar-refractivity contribution in [2.45, 2.75) is 39.3 Å². The van der Waals surface area contributed by atoms with Crippen molar-refractivity contribution in [2.24, 2.45) is 4.40 Å². The minimum absolute atomic E-state index is 0.168. The molecule has 2 aliphatic heterocycles. The van der Waals surface area contributed by atoms with Crippen molar-refractivity contribution >= 4 is 45.8 Å². The van der Waals surface area contributed by atoms with Crippen LogP contribution in [0.5, 0.6) is 0 Å². The number of rotatable bonds is 7. The van der Waals surface area contributed by atoms with E-state index in [-0.39, 0.29) is 34.0 Å². The number of benzene rings is 2. The Bertz CT molecular complexity index is 1620. The number of aromatic nitrogens is 1. The molecule has 0 radical (unpaired) electrons. The van der Waals surface area contributed by atoms with Crippen LogP contribution in [-0.4, -0.2) is 80.3 Å². The monoisotopic (exact) mass is 640 g/mol. The first-order valence-electron chi connectivity index (χ1n) is 14.5. The third-order valence-corrected chi connectivity index (χ3v) is 9.30. The van der Waals surface area contributed by atoms with E-state index >= 15 is 4.39 Å². The predicted molar refractivity (Wildman–Crippen MR) is 177 cm³/mol. The second-order valence-electron chi connectivity index (χ2n) is 11.4. The molecule has 5 rings (SSSR count). The Balaban J connectivity index is 1.71. The quantitative estimate of drug-likeness (QED) is 0.276. The zero-order chi connectivity index (χ0) is 31.8. The number of hydrogen-bond acceptors (Lipinski definition) is 8. The summed E-state index contributed by atoms with van der Waals surface area (Å²) in [4.78, 5) is 22.9. The zero-order valence-corrected chi connectivity index (χ0v) is 26.9. The molecule has 1 saturated heterocycles. The number of piperazine rings is 1. The van der Waals surface area contributed by atoms with E-state index in [1.165, 1.54) is 16.4 Å². The van der Waals surface area contributed by atoms with Crippen LogP contribution >= 0.6 is 22.6 Å². The molecule has 0 unspecified atom stereocenters. The Morgan fingerprint density at radius 1 is 1.18 bits per heavy atom. The highest BCUT2D eigenvalue weighted by Gasteiger charge is 2.41. The molecule has 234 valence electrons. The lowest BCUT2D eigenvalue weighted by atomic mass is 10.0. The van der Waals surface area contributed by atoms with Gasteiger partial charge in [-0.15, -0.1) is 4.40 Å². The highest BCUT2D eigenvalue weighted by atomic mass is 35.5. The summed E-state index contributed by atoms with van der Waals surface area (Å²) in [5, 5.41) is 0.197. The Kier molecular flexibility index (Phi) is 9.33. The van der Waals surface area contributed by atoms with Crippen LogP contribution < -0.4 is 4.31 Å².